The molecule has 0 aliphatic heterocycles. The van der Waals surface area contributed by atoms with Crippen molar-refractivity contribution < 1.29 is 4.74 Å². The van der Waals surface area contributed by atoms with Gasteiger partial charge in [-0.3, -0.25) is 0 Å². The molecule has 0 fully saturated rings. The van der Waals surface area contributed by atoms with Gasteiger partial charge in [0.15, 0.2) is 0 Å². The van der Waals surface area contributed by atoms with Gasteiger partial charge in [-0.15, -0.1) is 0 Å². The van der Waals surface area contributed by atoms with E-state index < -0.39 is 0 Å². The monoisotopic (exact) mass is 247 g/mol. The van der Waals surface area contributed by atoms with E-state index in [4.69, 9.17) is 4.74 Å². The molecular formula is C16H25NO. The first-order valence-electron chi connectivity index (χ1n) is 6.68. The van der Waals surface area contributed by atoms with Gasteiger partial charge in [-0.25, -0.2) is 0 Å². The van der Waals surface area contributed by atoms with Gasteiger partial charge in [-0.05, 0) is 33.3 Å². The highest BCUT2D eigenvalue weighted by molar-refractivity contribution is 5.56. The van der Waals surface area contributed by atoms with Crippen molar-refractivity contribution in [3.63, 3.8) is 0 Å². The molecule has 0 saturated heterocycles. The number of ether oxygens (including phenoxy) is 1. The maximum Gasteiger partial charge on any atom is 0.126 e. The van der Waals surface area contributed by atoms with Crippen molar-refractivity contribution in [2.45, 2.75) is 39.7 Å². The molecule has 0 heterocycles. The highest BCUT2D eigenvalue weighted by atomic mass is 16.5. The first kappa shape index (κ1) is 14.8. The molecule has 0 saturated carbocycles. The zero-order chi connectivity index (χ0) is 13.4. The fourth-order valence-corrected chi connectivity index (χ4v) is 1.60. The molecule has 18 heavy (non-hydrogen) atoms. The van der Waals surface area contributed by atoms with Crippen LogP contribution in [-0.4, -0.2) is 18.7 Å². The predicted octanol–water partition coefficient (Wildman–Crippen LogP) is 3.88. The molecule has 1 rings (SSSR count). The summed E-state index contributed by atoms with van der Waals surface area (Å²) >= 11 is 0. The Balaban J connectivity index is 2.44. The fraction of sp³-hybridized carbons (Fsp3) is 0.500. The molecule has 0 unspecified atom stereocenters. The molecule has 0 aromatic heterocycles. The molecule has 2 heteroatoms. The van der Waals surface area contributed by atoms with Gasteiger partial charge >= 0.3 is 0 Å². The molecule has 1 N–H and O–H groups in total. The van der Waals surface area contributed by atoms with Crippen LogP contribution in [0.4, 0.5) is 0 Å². The Labute approximate surface area is 111 Å². The summed E-state index contributed by atoms with van der Waals surface area (Å²) in [5.74, 6) is 0.951. The number of rotatable bonds is 7. The number of benzene rings is 1. The normalized spacial score (nSPS) is 12.0. The van der Waals surface area contributed by atoms with Crippen molar-refractivity contribution in [1.29, 1.82) is 0 Å². The lowest BCUT2D eigenvalue weighted by molar-refractivity contribution is 0.280. The van der Waals surface area contributed by atoms with E-state index in [9.17, 15) is 0 Å². The summed E-state index contributed by atoms with van der Waals surface area (Å²) in [4.78, 5) is 0. The number of hydrogen-bond donors (Lipinski definition) is 1. The van der Waals surface area contributed by atoms with Gasteiger partial charge in [0, 0.05) is 17.6 Å². The van der Waals surface area contributed by atoms with Crippen molar-refractivity contribution in [2.75, 3.05) is 13.2 Å². The summed E-state index contributed by atoms with van der Waals surface area (Å²) < 4.78 is 5.82. The highest BCUT2D eigenvalue weighted by Gasteiger charge is 2.12. The van der Waals surface area contributed by atoms with E-state index in [0.29, 0.717) is 6.61 Å². The number of hydrogen-bond acceptors (Lipinski definition) is 2. The minimum absolute atomic E-state index is 0.187. The summed E-state index contributed by atoms with van der Waals surface area (Å²) in [5, 5.41) is 3.49. The third kappa shape index (κ3) is 4.92. The van der Waals surface area contributed by atoms with Crippen LogP contribution < -0.4 is 10.1 Å². The van der Waals surface area contributed by atoms with E-state index in [1.165, 1.54) is 0 Å². The molecule has 1 aromatic rings. The molecule has 0 atom stereocenters. The van der Waals surface area contributed by atoms with Crippen LogP contribution in [0.3, 0.4) is 0 Å². The lowest BCUT2D eigenvalue weighted by Gasteiger charge is -2.24. The SMILES string of the molecule is CC=Cc1ccccc1OCCNC(C)(C)CC. The van der Waals surface area contributed by atoms with Crippen LogP contribution in [0.15, 0.2) is 30.3 Å². The van der Waals surface area contributed by atoms with E-state index in [-0.39, 0.29) is 5.54 Å². The molecule has 0 aliphatic carbocycles. The maximum atomic E-state index is 5.82. The molecule has 0 amide bonds. The average molecular weight is 247 g/mol. The predicted molar refractivity (Wildman–Crippen MR) is 79.0 cm³/mol. The van der Waals surface area contributed by atoms with E-state index in [1.807, 2.05) is 31.2 Å². The summed E-state index contributed by atoms with van der Waals surface area (Å²) in [6.45, 7) is 10.2. The van der Waals surface area contributed by atoms with Gasteiger partial charge in [0.2, 0.25) is 0 Å². The second-order valence-corrected chi connectivity index (χ2v) is 5.05. The van der Waals surface area contributed by atoms with E-state index in [0.717, 1.165) is 24.3 Å². The maximum absolute atomic E-state index is 5.82. The van der Waals surface area contributed by atoms with Gasteiger partial charge in [-0.1, -0.05) is 37.3 Å². The number of para-hydroxylation sites is 1. The van der Waals surface area contributed by atoms with Crippen molar-refractivity contribution >= 4 is 6.08 Å². The summed E-state index contributed by atoms with van der Waals surface area (Å²) in [6, 6.07) is 8.12. The van der Waals surface area contributed by atoms with E-state index in [2.05, 4.69) is 38.2 Å². The van der Waals surface area contributed by atoms with E-state index in [1.54, 1.807) is 0 Å². The van der Waals surface area contributed by atoms with Crippen molar-refractivity contribution in [2.24, 2.45) is 0 Å². The second kappa shape index (κ2) is 7.22. The van der Waals surface area contributed by atoms with Crippen LogP contribution in [0.2, 0.25) is 0 Å². The van der Waals surface area contributed by atoms with Crippen LogP contribution in [-0.2, 0) is 0 Å². The Morgan fingerprint density at radius 3 is 2.67 bits per heavy atom. The van der Waals surface area contributed by atoms with Gasteiger partial charge in [-0.2, -0.15) is 0 Å². The van der Waals surface area contributed by atoms with Crippen LogP contribution in [0.25, 0.3) is 6.08 Å². The summed E-state index contributed by atoms with van der Waals surface area (Å²) in [6.07, 6.45) is 5.21. The van der Waals surface area contributed by atoms with Gasteiger partial charge in [0.25, 0.3) is 0 Å². The second-order valence-electron chi connectivity index (χ2n) is 5.05. The van der Waals surface area contributed by atoms with Crippen molar-refractivity contribution in [1.82, 2.24) is 5.32 Å². The first-order chi connectivity index (χ1) is 8.59. The molecule has 0 aliphatic rings. The lowest BCUT2D eigenvalue weighted by Crippen LogP contribution is -2.40. The molecule has 100 valence electrons. The zero-order valence-corrected chi connectivity index (χ0v) is 12.0. The Morgan fingerprint density at radius 2 is 2.00 bits per heavy atom. The zero-order valence-electron chi connectivity index (χ0n) is 12.0. The molecule has 0 spiro atoms. The lowest BCUT2D eigenvalue weighted by atomic mass is 10.0. The highest BCUT2D eigenvalue weighted by Crippen LogP contribution is 2.19. The quantitative estimate of drug-likeness (QED) is 0.738. The summed E-state index contributed by atoms with van der Waals surface area (Å²) in [5.41, 5.74) is 1.32. The standard InChI is InChI=1S/C16H25NO/c1-5-9-14-10-7-8-11-15(14)18-13-12-17-16(3,4)6-2/h5,7-11,17H,6,12-13H2,1-4H3. The topological polar surface area (TPSA) is 21.3 Å². The average Bonchev–Trinajstić information content (AvgIpc) is 2.37. The molecule has 1 aromatic carbocycles. The summed E-state index contributed by atoms with van der Waals surface area (Å²) in [7, 11) is 0. The number of allylic oxidation sites excluding steroid dienone is 1. The fourth-order valence-electron chi connectivity index (χ4n) is 1.60. The molecular weight excluding hydrogens is 222 g/mol. The van der Waals surface area contributed by atoms with E-state index >= 15 is 0 Å². The van der Waals surface area contributed by atoms with Crippen molar-refractivity contribution in [3.05, 3.63) is 35.9 Å². The van der Waals surface area contributed by atoms with Crippen LogP contribution in [0.1, 0.15) is 39.7 Å². The Bertz CT molecular complexity index is 382. The molecule has 0 radical (unpaired) electrons. The first-order valence-corrected chi connectivity index (χ1v) is 6.68. The third-order valence-corrected chi connectivity index (χ3v) is 3.11. The Morgan fingerprint density at radius 1 is 1.28 bits per heavy atom. The van der Waals surface area contributed by atoms with Crippen LogP contribution in [0.5, 0.6) is 5.75 Å². The van der Waals surface area contributed by atoms with Gasteiger partial charge < -0.3 is 10.1 Å². The third-order valence-electron chi connectivity index (χ3n) is 3.11. The Kier molecular flexibility index (Phi) is 5.93. The molecule has 2 nitrogen and oxygen atoms in total. The van der Waals surface area contributed by atoms with Crippen LogP contribution in [0, 0.1) is 0 Å². The van der Waals surface area contributed by atoms with Crippen LogP contribution >= 0.6 is 0 Å². The Hall–Kier alpha value is -1.28. The largest absolute Gasteiger partial charge is 0.492 e. The minimum atomic E-state index is 0.187. The smallest absolute Gasteiger partial charge is 0.126 e. The van der Waals surface area contributed by atoms with Gasteiger partial charge in [0.1, 0.15) is 12.4 Å². The van der Waals surface area contributed by atoms with Crippen molar-refractivity contribution in [3.8, 4) is 5.75 Å². The minimum Gasteiger partial charge on any atom is -0.492 e. The van der Waals surface area contributed by atoms with Gasteiger partial charge in [0.05, 0.1) is 0 Å². The molecule has 0 bridgehead atoms. The number of nitrogens with one attached hydrogen (secondary N) is 1.